The molecule has 0 aromatic carbocycles. The van der Waals surface area contributed by atoms with Crippen LogP contribution < -0.4 is 0 Å². The number of hydrogen-bond donors (Lipinski definition) is 0. The standard InChI is InChI=1S/C18H34O/c1-3-5-6-7-8-9-10-11-12-13-14-15-16-18-19-17-4-2/h3-15,17H2,1-2H3. The van der Waals surface area contributed by atoms with Crippen LogP contribution >= 0.6 is 0 Å². The minimum atomic E-state index is 0.769. The molecule has 0 aliphatic carbocycles. The summed E-state index contributed by atoms with van der Waals surface area (Å²) < 4.78 is 5.12. The van der Waals surface area contributed by atoms with Crippen LogP contribution in [0, 0.1) is 12.0 Å². The Bertz CT molecular complexity index is 211. The minimum Gasteiger partial charge on any atom is -0.447 e. The van der Waals surface area contributed by atoms with Gasteiger partial charge in [-0.3, -0.25) is 0 Å². The zero-order valence-corrected chi connectivity index (χ0v) is 13.3. The first-order chi connectivity index (χ1) is 9.41. The van der Waals surface area contributed by atoms with E-state index in [1.807, 2.05) is 0 Å². The van der Waals surface area contributed by atoms with Crippen molar-refractivity contribution in [3.05, 3.63) is 0 Å². The normalized spacial score (nSPS) is 10.0. The van der Waals surface area contributed by atoms with Crippen LogP contribution in [0.25, 0.3) is 0 Å². The van der Waals surface area contributed by atoms with Gasteiger partial charge in [0.1, 0.15) is 6.11 Å². The van der Waals surface area contributed by atoms with Crippen molar-refractivity contribution in [1.29, 1.82) is 0 Å². The van der Waals surface area contributed by atoms with E-state index in [1.54, 1.807) is 0 Å². The van der Waals surface area contributed by atoms with Crippen molar-refractivity contribution >= 4 is 0 Å². The lowest BCUT2D eigenvalue weighted by Gasteiger charge is -2.01. The number of hydrogen-bond acceptors (Lipinski definition) is 1. The smallest absolute Gasteiger partial charge is 0.110 e. The monoisotopic (exact) mass is 266 g/mol. The average Bonchev–Trinajstić information content (AvgIpc) is 2.43. The third kappa shape index (κ3) is 17.4. The molecule has 0 aromatic heterocycles. The first kappa shape index (κ1) is 18.4. The van der Waals surface area contributed by atoms with Gasteiger partial charge >= 0.3 is 0 Å². The molecule has 112 valence electrons. The summed E-state index contributed by atoms with van der Waals surface area (Å²) in [7, 11) is 0. The molecule has 0 aliphatic rings. The van der Waals surface area contributed by atoms with Crippen molar-refractivity contribution in [3.63, 3.8) is 0 Å². The second-order valence-electron chi connectivity index (χ2n) is 5.41. The van der Waals surface area contributed by atoms with Gasteiger partial charge < -0.3 is 4.74 Å². The molecule has 0 N–H and O–H groups in total. The van der Waals surface area contributed by atoms with E-state index in [1.165, 1.54) is 70.6 Å². The molecule has 0 atom stereocenters. The maximum atomic E-state index is 5.12. The van der Waals surface area contributed by atoms with Crippen molar-refractivity contribution in [2.45, 2.75) is 97.3 Å². The molecule has 0 bridgehead atoms. The quantitative estimate of drug-likeness (QED) is 0.290. The highest BCUT2D eigenvalue weighted by Gasteiger charge is 1.92. The van der Waals surface area contributed by atoms with E-state index in [4.69, 9.17) is 4.74 Å². The molecular weight excluding hydrogens is 232 g/mol. The van der Waals surface area contributed by atoms with Gasteiger partial charge in [-0.2, -0.15) is 0 Å². The Balaban J connectivity index is 3.00. The molecule has 0 unspecified atom stereocenters. The van der Waals surface area contributed by atoms with Gasteiger partial charge in [0.15, 0.2) is 0 Å². The maximum absolute atomic E-state index is 5.12. The highest BCUT2D eigenvalue weighted by Crippen LogP contribution is 2.11. The third-order valence-electron chi connectivity index (χ3n) is 3.36. The highest BCUT2D eigenvalue weighted by molar-refractivity contribution is 4.90. The summed E-state index contributed by atoms with van der Waals surface area (Å²) in [5.74, 6) is 3.08. The van der Waals surface area contributed by atoms with E-state index in [0.29, 0.717) is 0 Å². The zero-order valence-electron chi connectivity index (χ0n) is 13.3. The number of unbranched alkanes of at least 4 members (excludes halogenated alkanes) is 11. The van der Waals surface area contributed by atoms with Crippen molar-refractivity contribution in [3.8, 4) is 12.0 Å². The van der Waals surface area contributed by atoms with Gasteiger partial charge in [-0.25, -0.2) is 0 Å². The average molecular weight is 266 g/mol. The Kier molecular flexibility index (Phi) is 16.8. The summed E-state index contributed by atoms with van der Waals surface area (Å²) in [6, 6.07) is 0. The fourth-order valence-corrected chi connectivity index (χ4v) is 2.13. The second kappa shape index (κ2) is 17.4. The first-order valence-electron chi connectivity index (χ1n) is 8.51. The van der Waals surface area contributed by atoms with E-state index in [0.717, 1.165) is 19.4 Å². The van der Waals surface area contributed by atoms with E-state index in [9.17, 15) is 0 Å². The summed E-state index contributed by atoms with van der Waals surface area (Å²) in [5, 5.41) is 0. The van der Waals surface area contributed by atoms with Crippen molar-refractivity contribution in [2.75, 3.05) is 6.61 Å². The lowest BCUT2D eigenvalue weighted by molar-refractivity contribution is 0.277. The van der Waals surface area contributed by atoms with E-state index < -0.39 is 0 Å². The van der Waals surface area contributed by atoms with E-state index >= 15 is 0 Å². The second-order valence-corrected chi connectivity index (χ2v) is 5.41. The lowest BCUT2D eigenvalue weighted by Crippen LogP contribution is -1.83. The molecule has 0 spiro atoms. The molecule has 0 saturated carbocycles. The Morgan fingerprint density at radius 1 is 0.632 bits per heavy atom. The van der Waals surface area contributed by atoms with Crippen LogP contribution in [0.5, 0.6) is 0 Å². The lowest BCUT2D eigenvalue weighted by atomic mass is 10.1. The van der Waals surface area contributed by atoms with Gasteiger partial charge in [0.25, 0.3) is 0 Å². The molecule has 0 rings (SSSR count). The molecule has 0 saturated heterocycles. The number of rotatable bonds is 13. The first-order valence-corrected chi connectivity index (χ1v) is 8.51. The minimum absolute atomic E-state index is 0.769. The molecule has 0 amide bonds. The van der Waals surface area contributed by atoms with E-state index in [2.05, 4.69) is 25.9 Å². The third-order valence-corrected chi connectivity index (χ3v) is 3.36. The molecule has 0 aromatic rings. The zero-order chi connectivity index (χ0) is 14.0. The molecule has 1 heteroatoms. The predicted octanol–water partition coefficient (Wildman–Crippen LogP) is 6.08. The highest BCUT2D eigenvalue weighted by atomic mass is 16.5. The van der Waals surface area contributed by atoms with Crippen molar-refractivity contribution in [1.82, 2.24) is 0 Å². The molecular formula is C18H34O. The van der Waals surface area contributed by atoms with Gasteiger partial charge in [-0.1, -0.05) is 84.0 Å². The summed E-state index contributed by atoms with van der Waals surface area (Å²) in [4.78, 5) is 0. The molecule has 0 fully saturated rings. The largest absolute Gasteiger partial charge is 0.447 e. The van der Waals surface area contributed by atoms with Crippen molar-refractivity contribution < 1.29 is 4.74 Å². The van der Waals surface area contributed by atoms with Gasteiger partial charge in [-0.15, -0.1) is 0 Å². The Morgan fingerprint density at radius 2 is 1.16 bits per heavy atom. The molecule has 0 radical (unpaired) electrons. The fraction of sp³-hybridized carbons (Fsp3) is 0.889. The van der Waals surface area contributed by atoms with Crippen LogP contribution in [0.2, 0.25) is 0 Å². The van der Waals surface area contributed by atoms with Crippen LogP contribution in [-0.2, 0) is 4.74 Å². The topological polar surface area (TPSA) is 9.23 Å². The van der Waals surface area contributed by atoms with Crippen LogP contribution in [0.15, 0.2) is 0 Å². The predicted molar refractivity (Wildman–Crippen MR) is 85.1 cm³/mol. The SMILES string of the molecule is CCCCCCCCCCCCCC#COCCC. The molecule has 1 nitrogen and oxygen atoms in total. The molecule has 0 heterocycles. The summed E-state index contributed by atoms with van der Waals surface area (Å²) in [6.07, 6.45) is 20.1. The van der Waals surface area contributed by atoms with Crippen LogP contribution in [0.1, 0.15) is 97.3 Å². The van der Waals surface area contributed by atoms with Crippen LogP contribution in [-0.4, -0.2) is 6.61 Å². The number of ether oxygens (including phenoxy) is 1. The van der Waals surface area contributed by atoms with Crippen molar-refractivity contribution in [2.24, 2.45) is 0 Å². The van der Waals surface area contributed by atoms with E-state index in [-0.39, 0.29) is 0 Å². The van der Waals surface area contributed by atoms with Gasteiger partial charge in [0, 0.05) is 6.42 Å². The maximum Gasteiger partial charge on any atom is 0.110 e. The molecule has 0 aliphatic heterocycles. The Morgan fingerprint density at radius 3 is 1.68 bits per heavy atom. The Labute approximate surface area is 121 Å². The summed E-state index contributed by atoms with van der Waals surface area (Å²) >= 11 is 0. The fourth-order valence-electron chi connectivity index (χ4n) is 2.13. The van der Waals surface area contributed by atoms with Crippen LogP contribution in [0.3, 0.4) is 0 Å². The summed E-state index contributed by atoms with van der Waals surface area (Å²) in [6.45, 7) is 5.15. The van der Waals surface area contributed by atoms with Gasteiger partial charge in [0.05, 0.1) is 6.61 Å². The van der Waals surface area contributed by atoms with Crippen LogP contribution in [0.4, 0.5) is 0 Å². The molecule has 19 heavy (non-hydrogen) atoms. The Hall–Kier alpha value is -0.640. The van der Waals surface area contributed by atoms with Gasteiger partial charge in [0.2, 0.25) is 0 Å². The van der Waals surface area contributed by atoms with Gasteiger partial charge in [-0.05, 0) is 12.8 Å². The summed E-state index contributed by atoms with van der Waals surface area (Å²) in [5.41, 5.74) is 0.